The number of aromatic nitrogens is 2. The molecule has 0 N–H and O–H groups in total. The van der Waals surface area contributed by atoms with E-state index in [1.165, 1.54) is 76.6 Å². The standard InChI is InChI=1S/C24H41N3O/c1-3-21-17-25-27(18-21)19-23-12-15-26(16-13-23)14-6-4-5-7-22-8-10-24(11-9-22)20(2)28/h17-18,22-24H,3-16,19H2,1-2H3/t22-,24-. The highest BCUT2D eigenvalue weighted by Crippen LogP contribution is 2.32. The minimum atomic E-state index is 0.376. The van der Waals surface area contributed by atoms with Gasteiger partial charge in [0.2, 0.25) is 0 Å². The van der Waals surface area contributed by atoms with E-state index < -0.39 is 0 Å². The number of likely N-dealkylation sites (tertiary alicyclic amines) is 1. The Kier molecular flexibility index (Phi) is 8.57. The highest BCUT2D eigenvalue weighted by atomic mass is 16.1. The lowest BCUT2D eigenvalue weighted by atomic mass is 9.78. The third-order valence-electron chi connectivity index (χ3n) is 7.26. The molecule has 0 spiro atoms. The maximum absolute atomic E-state index is 11.5. The first kappa shape index (κ1) is 21.5. The molecule has 1 aromatic rings. The molecule has 2 fully saturated rings. The smallest absolute Gasteiger partial charge is 0.132 e. The number of rotatable bonds is 10. The lowest BCUT2D eigenvalue weighted by Gasteiger charge is -2.32. The van der Waals surface area contributed by atoms with E-state index in [0.29, 0.717) is 11.7 Å². The van der Waals surface area contributed by atoms with Gasteiger partial charge < -0.3 is 4.90 Å². The van der Waals surface area contributed by atoms with E-state index in [1.54, 1.807) is 6.92 Å². The van der Waals surface area contributed by atoms with Crippen LogP contribution < -0.4 is 0 Å². The molecule has 1 saturated carbocycles. The van der Waals surface area contributed by atoms with Gasteiger partial charge in [0.15, 0.2) is 0 Å². The van der Waals surface area contributed by atoms with Crippen molar-refractivity contribution in [3.8, 4) is 0 Å². The Hall–Kier alpha value is -1.16. The Balaban J connectivity index is 1.21. The summed E-state index contributed by atoms with van der Waals surface area (Å²) in [5.74, 6) is 2.48. The SMILES string of the molecule is CCc1cnn(CC2CCN(CCCCC[C@H]3CC[C@H](C(C)=O)CC3)CC2)c1. The van der Waals surface area contributed by atoms with Crippen LogP contribution >= 0.6 is 0 Å². The van der Waals surface area contributed by atoms with Crippen molar-refractivity contribution in [2.24, 2.45) is 17.8 Å². The maximum atomic E-state index is 11.5. The lowest BCUT2D eigenvalue weighted by molar-refractivity contribution is -0.121. The molecular formula is C24H41N3O. The van der Waals surface area contributed by atoms with Crippen molar-refractivity contribution in [2.75, 3.05) is 19.6 Å². The Morgan fingerprint density at radius 1 is 1.04 bits per heavy atom. The molecule has 1 aliphatic carbocycles. The molecule has 0 amide bonds. The molecule has 0 aromatic carbocycles. The summed E-state index contributed by atoms with van der Waals surface area (Å²) < 4.78 is 2.16. The van der Waals surface area contributed by atoms with Crippen LogP contribution in [0.4, 0.5) is 0 Å². The van der Waals surface area contributed by atoms with Gasteiger partial charge in [-0.05, 0) is 95.3 Å². The highest BCUT2D eigenvalue weighted by molar-refractivity contribution is 5.78. The van der Waals surface area contributed by atoms with Crippen LogP contribution in [-0.4, -0.2) is 40.1 Å². The van der Waals surface area contributed by atoms with Crippen molar-refractivity contribution in [3.05, 3.63) is 18.0 Å². The van der Waals surface area contributed by atoms with Gasteiger partial charge in [-0.1, -0.05) is 26.2 Å². The van der Waals surface area contributed by atoms with E-state index in [1.807, 2.05) is 6.20 Å². The molecule has 4 nitrogen and oxygen atoms in total. The molecule has 158 valence electrons. The third-order valence-corrected chi connectivity index (χ3v) is 7.26. The summed E-state index contributed by atoms with van der Waals surface area (Å²) in [6.45, 7) is 8.88. The first-order chi connectivity index (χ1) is 13.6. The molecular weight excluding hydrogens is 346 g/mol. The molecule has 4 heteroatoms. The molecule has 1 saturated heterocycles. The van der Waals surface area contributed by atoms with Gasteiger partial charge in [-0.25, -0.2) is 0 Å². The molecule has 2 heterocycles. The molecule has 0 unspecified atom stereocenters. The monoisotopic (exact) mass is 387 g/mol. The van der Waals surface area contributed by atoms with Gasteiger partial charge in [0.05, 0.1) is 6.20 Å². The van der Waals surface area contributed by atoms with Crippen LogP contribution in [0.2, 0.25) is 0 Å². The first-order valence-electron chi connectivity index (χ1n) is 11.9. The van der Waals surface area contributed by atoms with Crippen molar-refractivity contribution in [3.63, 3.8) is 0 Å². The van der Waals surface area contributed by atoms with E-state index in [0.717, 1.165) is 37.6 Å². The van der Waals surface area contributed by atoms with E-state index in [2.05, 4.69) is 27.8 Å². The number of unbranched alkanes of at least 4 members (excludes halogenated alkanes) is 2. The van der Waals surface area contributed by atoms with Gasteiger partial charge in [-0.2, -0.15) is 5.10 Å². The lowest BCUT2D eigenvalue weighted by Crippen LogP contribution is -2.35. The van der Waals surface area contributed by atoms with Crippen LogP contribution in [0.1, 0.15) is 83.6 Å². The average Bonchev–Trinajstić information content (AvgIpc) is 3.17. The number of aryl methyl sites for hydroxylation is 1. The highest BCUT2D eigenvalue weighted by Gasteiger charge is 2.23. The van der Waals surface area contributed by atoms with Crippen LogP contribution in [0.15, 0.2) is 12.4 Å². The molecule has 0 bridgehead atoms. The van der Waals surface area contributed by atoms with Crippen molar-refractivity contribution < 1.29 is 4.79 Å². The quantitative estimate of drug-likeness (QED) is 0.523. The van der Waals surface area contributed by atoms with Crippen molar-refractivity contribution >= 4 is 5.78 Å². The zero-order valence-corrected chi connectivity index (χ0v) is 18.2. The molecule has 0 atom stereocenters. The summed E-state index contributed by atoms with van der Waals surface area (Å²) in [5.41, 5.74) is 1.35. The van der Waals surface area contributed by atoms with Crippen LogP contribution in [0.3, 0.4) is 0 Å². The van der Waals surface area contributed by atoms with Crippen LogP contribution in [0.5, 0.6) is 0 Å². The largest absolute Gasteiger partial charge is 0.303 e. The van der Waals surface area contributed by atoms with Crippen molar-refractivity contribution in [1.82, 2.24) is 14.7 Å². The Labute approximate surface area is 172 Å². The number of carbonyl (C=O) groups is 1. The molecule has 0 radical (unpaired) electrons. The minimum Gasteiger partial charge on any atom is -0.303 e. The second-order valence-electron chi connectivity index (χ2n) is 9.39. The van der Waals surface area contributed by atoms with Crippen molar-refractivity contribution in [2.45, 2.75) is 91.0 Å². The number of hydrogen-bond acceptors (Lipinski definition) is 3. The number of piperidine rings is 1. The van der Waals surface area contributed by atoms with Gasteiger partial charge >= 0.3 is 0 Å². The minimum absolute atomic E-state index is 0.376. The summed E-state index contributed by atoms with van der Waals surface area (Å²) in [4.78, 5) is 14.1. The predicted molar refractivity (Wildman–Crippen MR) is 115 cm³/mol. The fraction of sp³-hybridized carbons (Fsp3) is 0.833. The number of Topliss-reactive ketones (excluding diaryl/α,β-unsaturated/α-hetero) is 1. The molecule has 1 aromatic heterocycles. The molecule has 1 aliphatic heterocycles. The summed E-state index contributed by atoms with van der Waals surface area (Å²) in [6, 6.07) is 0. The van der Waals surface area contributed by atoms with E-state index in [4.69, 9.17) is 0 Å². The second-order valence-corrected chi connectivity index (χ2v) is 9.39. The van der Waals surface area contributed by atoms with E-state index in [-0.39, 0.29) is 0 Å². The average molecular weight is 388 g/mol. The summed E-state index contributed by atoms with van der Waals surface area (Å²) in [7, 11) is 0. The van der Waals surface area contributed by atoms with E-state index >= 15 is 0 Å². The summed E-state index contributed by atoms with van der Waals surface area (Å²) in [5, 5.41) is 4.51. The fourth-order valence-electron chi connectivity index (χ4n) is 5.15. The molecule has 2 aliphatic rings. The Bertz CT molecular complexity index is 580. The Morgan fingerprint density at radius 3 is 2.43 bits per heavy atom. The number of nitrogens with zero attached hydrogens (tertiary/aromatic N) is 3. The van der Waals surface area contributed by atoms with Gasteiger partial charge in [0.25, 0.3) is 0 Å². The normalized spacial score (nSPS) is 24.5. The number of ketones is 1. The van der Waals surface area contributed by atoms with Crippen LogP contribution in [0, 0.1) is 17.8 Å². The summed E-state index contributed by atoms with van der Waals surface area (Å²) in [6.07, 6.45) is 18.3. The van der Waals surface area contributed by atoms with Crippen molar-refractivity contribution in [1.29, 1.82) is 0 Å². The van der Waals surface area contributed by atoms with E-state index in [9.17, 15) is 4.79 Å². The molecule has 3 rings (SSSR count). The zero-order chi connectivity index (χ0) is 19.8. The molecule has 28 heavy (non-hydrogen) atoms. The van der Waals surface area contributed by atoms with Gasteiger partial charge in [-0.3, -0.25) is 9.48 Å². The zero-order valence-electron chi connectivity index (χ0n) is 18.2. The fourth-order valence-corrected chi connectivity index (χ4v) is 5.15. The number of hydrogen-bond donors (Lipinski definition) is 0. The van der Waals surface area contributed by atoms with Gasteiger partial charge in [-0.15, -0.1) is 0 Å². The predicted octanol–water partition coefficient (Wildman–Crippen LogP) is 5.11. The first-order valence-corrected chi connectivity index (χ1v) is 11.9. The topological polar surface area (TPSA) is 38.1 Å². The second kappa shape index (κ2) is 11.1. The number of carbonyl (C=O) groups excluding carboxylic acids is 1. The van der Waals surface area contributed by atoms with Crippen LogP contribution in [0.25, 0.3) is 0 Å². The van der Waals surface area contributed by atoms with Gasteiger partial charge in [0, 0.05) is 18.7 Å². The Morgan fingerprint density at radius 2 is 1.79 bits per heavy atom. The maximum Gasteiger partial charge on any atom is 0.132 e. The van der Waals surface area contributed by atoms with Gasteiger partial charge in [0.1, 0.15) is 5.78 Å². The third kappa shape index (κ3) is 6.72. The van der Waals surface area contributed by atoms with Crippen LogP contribution in [-0.2, 0) is 17.8 Å². The summed E-state index contributed by atoms with van der Waals surface area (Å²) >= 11 is 0.